The summed E-state index contributed by atoms with van der Waals surface area (Å²) in [4.78, 5) is 10.8. The molecular formula is C9H16O6. The van der Waals surface area contributed by atoms with E-state index < -0.39 is 37.1 Å². The van der Waals surface area contributed by atoms with Crippen molar-refractivity contribution in [2.45, 2.75) is 43.9 Å². The Hall–Kier alpha value is -0.530. The minimum Gasteiger partial charge on any atom is -0.394 e. The molecule has 2 unspecified atom stereocenters. The normalized spacial score (nSPS) is 41.5. The number of aliphatic hydroxyl groups is 4. The fourth-order valence-corrected chi connectivity index (χ4v) is 1.63. The van der Waals surface area contributed by atoms with Crippen LogP contribution < -0.4 is 0 Å². The maximum atomic E-state index is 10.8. The molecule has 0 aromatic rings. The third-order valence-electron chi connectivity index (χ3n) is 2.48. The average Bonchev–Trinajstić information content (AvgIpc) is 2.18. The van der Waals surface area contributed by atoms with E-state index in [4.69, 9.17) is 9.84 Å². The monoisotopic (exact) mass is 220 g/mol. The Bertz CT molecular complexity index is 229. The fraction of sp³-hybridized carbons (Fsp3) is 0.889. The van der Waals surface area contributed by atoms with Gasteiger partial charge in [0.15, 0.2) is 0 Å². The van der Waals surface area contributed by atoms with E-state index in [2.05, 4.69) is 0 Å². The smallest absolute Gasteiger partial charge is 0.132 e. The number of carbonyl (C=O) groups excluding carboxylic acids is 1. The lowest BCUT2D eigenvalue weighted by Crippen LogP contribution is -2.58. The lowest BCUT2D eigenvalue weighted by atomic mass is 9.93. The maximum absolute atomic E-state index is 10.8. The van der Waals surface area contributed by atoms with Crippen molar-refractivity contribution in [2.75, 3.05) is 6.61 Å². The average molecular weight is 220 g/mol. The Balaban J connectivity index is 2.69. The fourth-order valence-electron chi connectivity index (χ4n) is 1.63. The quantitative estimate of drug-likeness (QED) is 0.430. The predicted molar refractivity (Wildman–Crippen MR) is 49.1 cm³/mol. The van der Waals surface area contributed by atoms with Gasteiger partial charge in [-0.05, 0) is 6.92 Å². The van der Waals surface area contributed by atoms with Gasteiger partial charge in [0, 0.05) is 6.42 Å². The van der Waals surface area contributed by atoms with Crippen LogP contribution in [-0.2, 0) is 9.53 Å². The van der Waals surface area contributed by atoms with Crippen molar-refractivity contribution in [3.05, 3.63) is 0 Å². The molecule has 0 bridgehead atoms. The molecule has 0 radical (unpaired) electrons. The highest BCUT2D eigenvalue weighted by molar-refractivity contribution is 5.76. The molecule has 5 atom stereocenters. The summed E-state index contributed by atoms with van der Waals surface area (Å²) < 4.78 is 5.11. The van der Waals surface area contributed by atoms with Gasteiger partial charge in [0.05, 0.1) is 12.7 Å². The van der Waals surface area contributed by atoms with Gasteiger partial charge in [-0.2, -0.15) is 0 Å². The highest BCUT2D eigenvalue weighted by Crippen LogP contribution is 2.23. The molecular weight excluding hydrogens is 204 g/mol. The highest BCUT2D eigenvalue weighted by Gasteiger charge is 2.43. The van der Waals surface area contributed by atoms with E-state index in [0.717, 1.165) is 0 Å². The Morgan fingerprint density at radius 2 is 1.67 bits per heavy atom. The number of hydrogen-bond donors (Lipinski definition) is 4. The van der Waals surface area contributed by atoms with Crippen molar-refractivity contribution in [3.8, 4) is 0 Å². The van der Waals surface area contributed by atoms with Crippen molar-refractivity contribution < 1.29 is 30.0 Å². The molecule has 1 aliphatic rings. The van der Waals surface area contributed by atoms with E-state index in [1.807, 2.05) is 0 Å². The largest absolute Gasteiger partial charge is 0.394 e. The van der Waals surface area contributed by atoms with Crippen LogP contribution in [0.1, 0.15) is 13.3 Å². The summed E-state index contributed by atoms with van der Waals surface area (Å²) >= 11 is 0. The number of Topliss-reactive ketones (excluding diaryl/α,β-unsaturated/α-hetero) is 1. The number of hydrogen-bond acceptors (Lipinski definition) is 6. The van der Waals surface area contributed by atoms with Gasteiger partial charge in [0.2, 0.25) is 0 Å². The zero-order valence-electron chi connectivity index (χ0n) is 8.41. The second kappa shape index (κ2) is 5.00. The minimum absolute atomic E-state index is 0.0541. The van der Waals surface area contributed by atoms with E-state index in [0.29, 0.717) is 0 Å². The first-order valence-corrected chi connectivity index (χ1v) is 4.77. The minimum atomic E-state index is -1.40. The van der Waals surface area contributed by atoms with E-state index in [-0.39, 0.29) is 12.2 Å². The number of ketones is 1. The van der Waals surface area contributed by atoms with E-state index in [1.165, 1.54) is 6.92 Å². The lowest BCUT2D eigenvalue weighted by molar-refractivity contribution is -0.229. The second-order valence-electron chi connectivity index (χ2n) is 3.77. The predicted octanol–water partition coefficient (Wildman–Crippen LogP) is -2.19. The zero-order valence-corrected chi connectivity index (χ0v) is 8.41. The van der Waals surface area contributed by atoms with Gasteiger partial charge in [0.25, 0.3) is 0 Å². The molecule has 1 rings (SSSR count). The zero-order chi connectivity index (χ0) is 11.6. The van der Waals surface area contributed by atoms with Crippen LogP contribution in [0.3, 0.4) is 0 Å². The number of ether oxygens (including phenoxy) is 1. The van der Waals surface area contributed by atoms with Crippen LogP contribution in [0.2, 0.25) is 0 Å². The highest BCUT2D eigenvalue weighted by atomic mass is 16.5. The first-order chi connectivity index (χ1) is 6.97. The van der Waals surface area contributed by atoms with Crippen molar-refractivity contribution in [1.82, 2.24) is 0 Å². The summed E-state index contributed by atoms with van der Waals surface area (Å²) in [6.45, 7) is 0.862. The Morgan fingerprint density at radius 3 is 2.13 bits per heavy atom. The molecule has 15 heavy (non-hydrogen) atoms. The summed E-state index contributed by atoms with van der Waals surface area (Å²) in [6, 6.07) is 0. The molecule has 0 aromatic heterocycles. The molecule has 0 aromatic carbocycles. The molecule has 0 aliphatic carbocycles. The topological polar surface area (TPSA) is 107 Å². The third kappa shape index (κ3) is 2.73. The van der Waals surface area contributed by atoms with Crippen LogP contribution in [-0.4, -0.2) is 63.3 Å². The van der Waals surface area contributed by atoms with Crippen LogP contribution >= 0.6 is 0 Å². The van der Waals surface area contributed by atoms with Crippen LogP contribution in [0.5, 0.6) is 0 Å². The van der Waals surface area contributed by atoms with Gasteiger partial charge in [-0.3, -0.25) is 4.79 Å². The van der Waals surface area contributed by atoms with Crippen LogP contribution in [0.15, 0.2) is 0 Å². The SMILES string of the molecule is CC(=O)C[C@@H]1OC(CO)[C@@H](O)C(O)[C@@H]1O. The Kier molecular flexibility index (Phi) is 4.18. The molecule has 4 N–H and O–H groups in total. The third-order valence-corrected chi connectivity index (χ3v) is 2.48. The van der Waals surface area contributed by atoms with E-state index >= 15 is 0 Å². The summed E-state index contributed by atoms with van der Waals surface area (Å²) in [7, 11) is 0. The maximum Gasteiger partial charge on any atom is 0.132 e. The van der Waals surface area contributed by atoms with Crippen molar-refractivity contribution in [3.63, 3.8) is 0 Å². The molecule has 6 heteroatoms. The molecule has 0 amide bonds. The van der Waals surface area contributed by atoms with Gasteiger partial charge < -0.3 is 25.2 Å². The van der Waals surface area contributed by atoms with Gasteiger partial charge in [0.1, 0.15) is 30.2 Å². The molecule has 1 heterocycles. The summed E-state index contributed by atoms with van der Waals surface area (Å²) in [5.74, 6) is -0.195. The van der Waals surface area contributed by atoms with Crippen LogP contribution in [0.25, 0.3) is 0 Å². The first kappa shape index (κ1) is 12.5. The summed E-state index contributed by atoms with van der Waals surface area (Å²) in [5, 5.41) is 37.2. The molecule has 88 valence electrons. The summed E-state index contributed by atoms with van der Waals surface area (Å²) in [6.07, 6.45) is -5.95. The Morgan fingerprint density at radius 1 is 1.13 bits per heavy atom. The molecule has 1 fully saturated rings. The lowest BCUT2D eigenvalue weighted by Gasteiger charge is -2.39. The first-order valence-electron chi connectivity index (χ1n) is 4.77. The molecule has 1 saturated heterocycles. The van der Waals surface area contributed by atoms with Crippen molar-refractivity contribution in [2.24, 2.45) is 0 Å². The second-order valence-corrected chi connectivity index (χ2v) is 3.77. The van der Waals surface area contributed by atoms with Gasteiger partial charge in [-0.15, -0.1) is 0 Å². The van der Waals surface area contributed by atoms with Gasteiger partial charge in [-0.25, -0.2) is 0 Å². The molecule has 1 aliphatic heterocycles. The Labute approximate surface area is 87.1 Å². The number of rotatable bonds is 3. The molecule has 0 spiro atoms. The van der Waals surface area contributed by atoms with Crippen molar-refractivity contribution >= 4 is 5.78 Å². The molecule has 6 nitrogen and oxygen atoms in total. The number of aliphatic hydroxyl groups excluding tert-OH is 4. The number of carbonyl (C=O) groups is 1. The van der Waals surface area contributed by atoms with E-state index in [1.54, 1.807) is 0 Å². The van der Waals surface area contributed by atoms with Crippen LogP contribution in [0, 0.1) is 0 Å². The summed E-state index contributed by atoms with van der Waals surface area (Å²) in [5.41, 5.74) is 0. The van der Waals surface area contributed by atoms with E-state index in [9.17, 15) is 20.1 Å². The van der Waals surface area contributed by atoms with Crippen LogP contribution in [0.4, 0.5) is 0 Å². The standard InChI is InChI=1S/C9H16O6/c1-4(11)2-5-7(12)9(14)8(13)6(3-10)15-5/h5-10,12-14H,2-3H2,1H3/t5-,6?,7+,8+,9?/m0/s1. The van der Waals surface area contributed by atoms with Crippen molar-refractivity contribution in [1.29, 1.82) is 0 Å². The van der Waals surface area contributed by atoms with Gasteiger partial charge >= 0.3 is 0 Å². The van der Waals surface area contributed by atoms with Gasteiger partial charge in [-0.1, -0.05) is 0 Å². The molecule has 0 saturated carbocycles.